The first kappa shape index (κ1) is 15.3. The zero-order valence-corrected chi connectivity index (χ0v) is 14.5. The van der Waals surface area contributed by atoms with Gasteiger partial charge in [-0.15, -0.1) is 0 Å². The minimum Gasteiger partial charge on any atom is -0.350 e. The summed E-state index contributed by atoms with van der Waals surface area (Å²) in [6.07, 6.45) is 4.07. The summed E-state index contributed by atoms with van der Waals surface area (Å²) < 4.78 is 1.90. The number of carbonyl (C=O) groups is 1. The predicted molar refractivity (Wildman–Crippen MR) is 94.9 cm³/mol. The van der Waals surface area contributed by atoms with E-state index < -0.39 is 0 Å². The number of hydrogen-bond acceptors (Lipinski definition) is 4. The van der Waals surface area contributed by atoms with Crippen LogP contribution in [0.2, 0.25) is 0 Å². The summed E-state index contributed by atoms with van der Waals surface area (Å²) in [5.41, 5.74) is 2.92. The van der Waals surface area contributed by atoms with Crippen LogP contribution in [-0.4, -0.2) is 20.5 Å². The Labute approximate surface area is 144 Å². The first-order valence-electron chi connectivity index (χ1n) is 8.46. The number of benzene rings is 1. The van der Waals surface area contributed by atoms with Crippen LogP contribution in [0, 0.1) is 5.92 Å². The van der Waals surface area contributed by atoms with Crippen LogP contribution >= 0.6 is 11.3 Å². The SMILES string of the molecule is CCc1nn2c(CNC(=O)C3CCC3)c(-c3ccccc3)nc2s1. The lowest BCUT2D eigenvalue weighted by atomic mass is 9.85. The van der Waals surface area contributed by atoms with Gasteiger partial charge in [0, 0.05) is 11.5 Å². The van der Waals surface area contributed by atoms with E-state index in [-0.39, 0.29) is 11.8 Å². The van der Waals surface area contributed by atoms with Crippen molar-refractivity contribution in [3.05, 3.63) is 41.0 Å². The summed E-state index contributed by atoms with van der Waals surface area (Å²) in [5.74, 6) is 0.344. The summed E-state index contributed by atoms with van der Waals surface area (Å²) in [6.45, 7) is 2.56. The highest BCUT2D eigenvalue weighted by Gasteiger charge is 2.26. The van der Waals surface area contributed by atoms with E-state index in [4.69, 9.17) is 4.98 Å². The summed E-state index contributed by atoms with van der Waals surface area (Å²) in [5, 5.41) is 8.80. The van der Waals surface area contributed by atoms with E-state index >= 15 is 0 Å². The Balaban J connectivity index is 1.69. The highest BCUT2D eigenvalue weighted by molar-refractivity contribution is 7.16. The van der Waals surface area contributed by atoms with Gasteiger partial charge >= 0.3 is 0 Å². The molecule has 5 nitrogen and oxygen atoms in total. The Bertz CT molecular complexity index is 864. The number of nitrogens with zero attached hydrogens (tertiary/aromatic N) is 3. The second-order valence-corrected chi connectivity index (χ2v) is 7.20. The van der Waals surface area contributed by atoms with Crippen LogP contribution in [0.15, 0.2) is 30.3 Å². The standard InChI is InChI=1S/C18H20N4OS/c1-2-15-21-22-14(11-19-17(23)13-9-6-10-13)16(20-18(22)24-15)12-7-4-3-5-8-12/h3-5,7-8,13H,2,6,9-11H2,1H3,(H,19,23). The molecule has 2 aromatic heterocycles. The van der Waals surface area contributed by atoms with Crippen molar-refractivity contribution >= 4 is 22.2 Å². The van der Waals surface area contributed by atoms with E-state index in [1.165, 1.54) is 0 Å². The van der Waals surface area contributed by atoms with Crippen molar-refractivity contribution < 1.29 is 4.79 Å². The fourth-order valence-electron chi connectivity index (χ4n) is 2.94. The van der Waals surface area contributed by atoms with Crippen molar-refractivity contribution in [3.63, 3.8) is 0 Å². The number of hydrogen-bond donors (Lipinski definition) is 1. The molecule has 0 atom stereocenters. The van der Waals surface area contributed by atoms with E-state index in [0.717, 1.165) is 52.6 Å². The van der Waals surface area contributed by atoms with Gasteiger partial charge in [-0.3, -0.25) is 4.79 Å². The Kier molecular flexibility index (Phi) is 4.06. The molecule has 4 rings (SSSR count). The lowest BCUT2D eigenvalue weighted by molar-refractivity contribution is -0.127. The second-order valence-electron chi connectivity index (χ2n) is 6.16. The van der Waals surface area contributed by atoms with E-state index in [2.05, 4.69) is 17.3 Å². The summed E-state index contributed by atoms with van der Waals surface area (Å²) >= 11 is 1.61. The molecular formula is C18H20N4OS. The number of carbonyl (C=O) groups excluding carboxylic acids is 1. The molecule has 0 bridgehead atoms. The van der Waals surface area contributed by atoms with Crippen molar-refractivity contribution in [2.75, 3.05) is 0 Å². The van der Waals surface area contributed by atoms with Crippen LogP contribution in [0.4, 0.5) is 0 Å². The van der Waals surface area contributed by atoms with Crippen molar-refractivity contribution in [1.82, 2.24) is 19.9 Å². The van der Waals surface area contributed by atoms with E-state index in [9.17, 15) is 4.79 Å². The third kappa shape index (κ3) is 2.71. The Morgan fingerprint density at radius 1 is 1.33 bits per heavy atom. The number of fused-ring (bicyclic) bond motifs is 1. The molecule has 3 aromatic rings. The smallest absolute Gasteiger partial charge is 0.223 e. The lowest BCUT2D eigenvalue weighted by Gasteiger charge is -2.24. The number of aromatic nitrogens is 3. The highest BCUT2D eigenvalue weighted by atomic mass is 32.1. The van der Waals surface area contributed by atoms with Gasteiger partial charge in [-0.25, -0.2) is 9.50 Å². The molecule has 1 aliphatic carbocycles. The quantitative estimate of drug-likeness (QED) is 0.774. The van der Waals surface area contributed by atoms with Gasteiger partial charge in [0.25, 0.3) is 0 Å². The minimum atomic E-state index is 0.154. The highest BCUT2D eigenvalue weighted by Crippen LogP contribution is 2.29. The monoisotopic (exact) mass is 340 g/mol. The molecule has 124 valence electrons. The molecule has 1 fully saturated rings. The van der Waals surface area contributed by atoms with Crippen LogP contribution in [0.1, 0.15) is 36.9 Å². The molecule has 6 heteroatoms. The van der Waals surface area contributed by atoms with Gasteiger partial charge in [0.05, 0.1) is 17.9 Å². The summed E-state index contributed by atoms with van der Waals surface area (Å²) in [4.78, 5) is 17.9. The topological polar surface area (TPSA) is 59.3 Å². The fourth-order valence-corrected chi connectivity index (χ4v) is 3.80. The Morgan fingerprint density at radius 3 is 2.79 bits per heavy atom. The molecule has 24 heavy (non-hydrogen) atoms. The molecule has 1 aromatic carbocycles. The van der Waals surface area contributed by atoms with Gasteiger partial charge in [-0.2, -0.15) is 5.10 Å². The average molecular weight is 340 g/mol. The summed E-state index contributed by atoms with van der Waals surface area (Å²) in [7, 11) is 0. The Morgan fingerprint density at radius 2 is 2.12 bits per heavy atom. The molecule has 0 aliphatic heterocycles. The molecule has 0 radical (unpaired) electrons. The predicted octanol–water partition coefficient (Wildman–Crippen LogP) is 3.44. The molecule has 2 heterocycles. The molecule has 1 N–H and O–H groups in total. The third-order valence-corrected chi connectivity index (χ3v) is 5.65. The van der Waals surface area contributed by atoms with Crippen molar-refractivity contribution in [3.8, 4) is 11.3 Å². The van der Waals surface area contributed by atoms with E-state index in [0.29, 0.717) is 6.54 Å². The van der Waals surface area contributed by atoms with E-state index in [1.807, 2.05) is 34.8 Å². The lowest BCUT2D eigenvalue weighted by Crippen LogP contribution is -2.34. The first-order valence-corrected chi connectivity index (χ1v) is 9.28. The van der Waals surface area contributed by atoms with Gasteiger partial charge in [0.15, 0.2) is 0 Å². The summed E-state index contributed by atoms with van der Waals surface area (Å²) in [6, 6.07) is 10.1. The van der Waals surface area contributed by atoms with Crippen LogP contribution in [0.3, 0.4) is 0 Å². The average Bonchev–Trinajstić information content (AvgIpc) is 3.09. The van der Waals surface area contributed by atoms with Gasteiger partial charge in [0.2, 0.25) is 10.9 Å². The molecular weight excluding hydrogens is 320 g/mol. The van der Waals surface area contributed by atoms with Crippen LogP contribution in [0.25, 0.3) is 16.2 Å². The molecule has 1 amide bonds. The van der Waals surface area contributed by atoms with Gasteiger partial charge < -0.3 is 5.32 Å². The van der Waals surface area contributed by atoms with Gasteiger partial charge in [-0.05, 0) is 19.3 Å². The Hall–Kier alpha value is -2.21. The van der Waals surface area contributed by atoms with E-state index in [1.54, 1.807) is 11.3 Å². The molecule has 1 aliphatic rings. The number of imidazole rings is 1. The van der Waals surface area contributed by atoms with Crippen molar-refractivity contribution in [1.29, 1.82) is 0 Å². The maximum absolute atomic E-state index is 12.2. The van der Waals surface area contributed by atoms with Crippen LogP contribution in [0.5, 0.6) is 0 Å². The zero-order chi connectivity index (χ0) is 16.5. The number of amides is 1. The molecule has 0 unspecified atom stereocenters. The van der Waals surface area contributed by atoms with Gasteiger partial charge in [-0.1, -0.05) is 55.0 Å². The first-order chi connectivity index (χ1) is 11.8. The molecule has 1 saturated carbocycles. The maximum atomic E-state index is 12.2. The van der Waals surface area contributed by atoms with Gasteiger partial charge in [0.1, 0.15) is 5.01 Å². The molecule has 0 saturated heterocycles. The zero-order valence-electron chi connectivity index (χ0n) is 13.7. The second kappa shape index (κ2) is 6.36. The van der Waals surface area contributed by atoms with Crippen LogP contribution in [-0.2, 0) is 17.8 Å². The number of nitrogens with one attached hydrogen (secondary N) is 1. The largest absolute Gasteiger partial charge is 0.350 e. The number of aryl methyl sites for hydroxylation is 1. The van der Waals surface area contributed by atoms with Crippen molar-refractivity contribution in [2.24, 2.45) is 5.92 Å². The normalized spacial score (nSPS) is 14.7. The maximum Gasteiger partial charge on any atom is 0.223 e. The van der Waals surface area contributed by atoms with Crippen LogP contribution < -0.4 is 5.32 Å². The minimum absolute atomic E-state index is 0.154. The fraction of sp³-hybridized carbons (Fsp3) is 0.389. The molecule has 0 spiro atoms. The third-order valence-electron chi connectivity index (χ3n) is 4.59. The van der Waals surface area contributed by atoms with Crippen molar-refractivity contribution in [2.45, 2.75) is 39.2 Å². The number of rotatable bonds is 5.